The lowest BCUT2D eigenvalue weighted by Crippen LogP contribution is -2.49. The predicted octanol–water partition coefficient (Wildman–Crippen LogP) is 2.61. The van der Waals surface area contributed by atoms with Gasteiger partial charge in [0.2, 0.25) is 0 Å². The second-order valence-corrected chi connectivity index (χ2v) is 6.22. The Hall–Kier alpha value is -0.840. The van der Waals surface area contributed by atoms with Crippen molar-refractivity contribution in [1.82, 2.24) is 5.32 Å². The zero-order valence-electron chi connectivity index (χ0n) is 11.7. The van der Waals surface area contributed by atoms with Gasteiger partial charge in [0.15, 0.2) is 5.78 Å². The molecule has 1 saturated heterocycles. The fourth-order valence-electron chi connectivity index (χ4n) is 2.29. The molecule has 0 aliphatic carbocycles. The molecule has 1 aliphatic rings. The molecule has 0 bridgehead atoms. The third kappa shape index (κ3) is 3.19. The van der Waals surface area contributed by atoms with E-state index in [0.29, 0.717) is 6.61 Å². The van der Waals surface area contributed by atoms with Gasteiger partial charge in [-0.05, 0) is 32.2 Å². The zero-order chi connectivity index (χ0) is 13.9. The summed E-state index contributed by atoms with van der Waals surface area (Å²) in [5, 5.41) is 3.28. The van der Waals surface area contributed by atoms with E-state index in [1.807, 2.05) is 44.4 Å². The van der Waals surface area contributed by atoms with Gasteiger partial charge in [0.25, 0.3) is 0 Å². The summed E-state index contributed by atoms with van der Waals surface area (Å²) in [7, 11) is 0. The maximum atomic E-state index is 12.7. The van der Waals surface area contributed by atoms with Crippen molar-refractivity contribution in [2.45, 2.75) is 24.8 Å². The normalized spacial score (nSPS) is 20.3. The fourth-order valence-corrected chi connectivity index (χ4v) is 2.70. The lowest BCUT2D eigenvalue weighted by atomic mass is 9.78. The topological polar surface area (TPSA) is 38.3 Å². The number of benzene rings is 1. The van der Waals surface area contributed by atoms with Crippen molar-refractivity contribution < 1.29 is 9.53 Å². The Bertz CT molecular complexity index is 436. The van der Waals surface area contributed by atoms with E-state index in [2.05, 4.69) is 5.32 Å². The van der Waals surface area contributed by atoms with Crippen LogP contribution in [-0.2, 0) is 4.74 Å². The highest BCUT2D eigenvalue weighted by molar-refractivity contribution is 7.98. The van der Waals surface area contributed by atoms with Crippen LogP contribution in [0, 0.1) is 5.41 Å². The van der Waals surface area contributed by atoms with Crippen LogP contribution in [0.15, 0.2) is 29.2 Å². The van der Waals surface area contributed by atoms with Crippen LogP contribution in [-0.4, -0.2) is 37.8 Å². The van der Waals surface area contributed by atoms with E-state index in [9.17, 15) is 4.79 Å². The van der Waals surface area contributed by atoms with Gasteiger partial charge in [0, 0.05) is 23.5 Å². The number of morpholine rings is 1. The summed E-state index contributed by atoms with van der Waals surface area (Å²) in [4.78, 5) is 13.8. The molecule has 19 heavy (non-hydrogen) atoms. The molecule has 0 unspecified atom stereocenters. The maximum Gasteiger partial charge on any atom is 0.171 e. The summed E-state index contributed by atoms with van der Waals surface area (Å²) in [5.41, 5.74) is 0.255. The van der Waals surface area contributed by atoms with Crippen LogP contribution in [0.25, 0.3) is 0 Å². The number of hydrogen-bond acceptors (Lipinski definition) is 4. The molecule has 0 spiro atoms. The number of rotatable bonds is 4. The number of ketones is 1. The molecular formula is C15H21NO2S. The molecule has 1 fully saturated rings. The second-order valence-electron chi connectivity index (χ2n) is 5.34. The monoisotopic (exact) mass is 279 g/mol. The average molecular weight is 279 g/mol. The average Bonchev–Trinajstić information content (AvgIpc) is 2.47. The quantitative estimate of drug-likeness (QED) is 0.679. The lowest BCUT2D eigenvalue weighted by molar-refractivity contribution is -0.0324. The van der Waals surface area contributed by atoms with Crippen LogP contribution in [0.5, 0.6) is 0 Å². The molecule has 2 rings (SSSR count). The first kappa shape index (κ1) is 14.6. The Labute approximate surface area is 119 Å². The highest BCUT2D eigenvalue weighted by Gasteiger charge is 2.38. The number of carbonyl (C=O) groups excluding carboxylic acids is 1. The number of carbonyl (C=O) groups is 1. The Kier molecular flexibility index (Phi) is 4.66. The third-order valence-electron chi connectivity index (χ3n) is 3.67. The van der Waals surface area contributed by atoms with Gasteiger partial charge in [-0.3, -0.25) is 4.79 Å². The molecule has 1 atom stereocenters. The van der Waals surface area contributed by atoms with Crippen LogP contribution < -0.4 is 5.32 Å². The molecule has 0 aromatic heterocycles. The molecule has 3 nitrogen and oxygen atoms in total. The van der Waals surface area contributed by atoms with E-state index in [0.717, 1.165) is 18.7 Å². The SMILES string of the molecule is CSc1ccc(C(=O)C(C)(C)[C@@H]2CNCCO2)cc1. The minimum Gasteiger partial charge on any atom is -0.375 e. The lowest BCUT2D eigenvalue weighted by Gasteiger charge is -2.36. The smallest absolute Gasteiger partial charge is 0.171 e. The first-order valence-electron chi connectivity index (χ1n) is 6.57. The molecule has 1 heterocycles. The number of hydrogen-bond donors (Lipinski definition) is 1. The van der Waals surface area contributed by atoms with Crippen molar-refractivity contribution in [3.8, 4) is 0 Å². The van der Waals surface area contributed by atoms with E-state index in [-0.39, 0.29) is 11.9 Å². The molecule has 1 aromatic carbocycles. The van der Waals surface area contributed by atoms with E-state index in [1.54, 1.807) is 11.8 Å². The molecular weight excluding hydrogens is 258 g/mol. The molecule has 4 heteroatoms. The Balaban J connectivity index is 2.15. The van der Waals surface area contributed by atoms with Crippen LogP contribution >= 0.6 is 11.8 Å². The van der Waals surface area contributed by atoms with Crippen molar-refractivity contribution in [3.63, 3.8) is 0 Å². The maximum absolute atomic E-state index is 12.7. The van der Waals surface area contributed by atoms with E-state index >= 15 is 0 Å². The fraction of sp³-hybridized carbons (Fsp3) is 0.533. The van der Waals surface area contributed by atoms with Gasteiger partial charge in [-0.25, -0.2) is 0 Å². The van der Waals surface area contributed by atoms with Crippen LogP contribution in [0.4, 0.5) is 0 Å². The summed E-state index contributed by atoms with van der Waals surface area (Å²) < 4.78 is 5.74. The van der Waals surface area contributed by atoms with Gasteiger partial charge in [0.1, 0.15) is 0 Å². The summed E-state index contributed by atoms with van der Waals surface area (Å²) in [6.07, 6.45) is 1.97. The summed E-state index contributed by atoms with van der Waals surface area (Å²) in [6.45, 7) is 6.21. The first-order valence-corrected chi connectivity index (χ1v) is 7.79. The molecule has 1 aliphatic heterocycles. The van der Waals surface area contributed by atoms with E-state index in [1.165, 1.54) is 4.90 Å². The van der Waals surface area contributed by atoms with Crippen LogP contribution in [0.1, 0.15) is 24.2 Å². The predicted molar refractivity (Wildman–Crippen MR) is 78.9 cm³/mol. The summed E-state index contributed by atoms with van der Waals surface area (Å²) >= 11 is 1.68. The molecule has 0 saturated carbocycles. The van der Waals surface area contributed by atoms with E-state index < -0.39 is 5.41 Å². The van der Waals surface area contributed by atoms with Gasteiger partial charge >= 0.3 is 0 Å². The van der Waals surface area contributed by atoms with Gasteiger partial charge < -0.3 is 10.1 Å². The molecule has 1 aromatic rings. The van der Waals surface area contributed by atoms with Crippen molar-refractivity contribution in [2.75, 3.05) is 26.0 Å². The van der Waals surface area contributed by atoms with Crippen molar-refractivity contribution in [3.05, 3.63) is 29.8 Å². The summed E-state index contributed by atoms with van der Waals surface area (Å²) in [5.74, 6) is 0.147. The molecule has 0 radical (unpaired) electrons. The first-order chi connectivity index (χ1) is 9.05. The van der Waals surface area contributed by atoms with Crippen LogP contribution in [0.3, 0.4) is 0 Å². The number of ether oxygens (including phenoxy) is 1. The number of Topliss-reactive ketones (excluding diaryl/α,β-unsaturated/α-hetero) is 1. The van der Waals surface area contributed by atoms with Gasteiger partial charge in [-0.1, -0.05) is 12.1 Å². The molecule has 1 N–H and O–H groups in total. The highest BCUT2D eigenvalue weighted by Crippen LogP contribution is 2.29. The Morgan fingerprint density at radius 2 is 2.05 bits per heavy atom. The number of nitrogens with one attached hydrogen (secondary N) is 1. The number of thioether (sulfide) groups is 1. The van der Waals surface area contributed by atoms with Crippen molar-refractivity contribution >= 4 is 17.5 Å². The minimum atomic E-state index is -0.506. The minimum absolute atomic E-state index is 0.0611. The van der Waals surface area contributed by atoms with E-state index in [4.69, 9.17) is 4.74 Å². The Morgan fingerprint density at radius 3 is 2.58 bits per heavy atom. The Morgan fingerprint density at radius 1 is 1.37 bits per heavy atom. The molecule has 0 amide bonds. The largest absolute Gasteiger partial charge is 0.375 e. The van der Waals surface area contributed by atoms with Gasteiger partial charge in [0.05, 0.1) is 18.1 Å². The standard InChI is InChI=1S/C15H21NO2S/c1-15(2,13-10-16-8-9-18-13)14(17)11-4-6-12(19-3)7-5-11/h4-7,13,16H,8-10H2,1-3H3/t13-/m0/s1. The molecule has 104 valence electrons. The highest BCUT2D eigenvalue weighted by atomic mass is 32.2. The van der Waals surface area contributed by atoms with Crippen LogP contribution in [0.2, 0.25) is 0 Å². The van der Waals surface area contributed by atoms with Gasteiger partial charge in [-0.15, -0.1) is 11.8 Å². The van der Waals surface area contributed by atoms with Crippen molar-refractivity contribution in [2.24, 2.45) is 5.41 Å². The zero-order valence-corrected chi connectivity index (χ0v) is 12.5. The summed E-state index contributed by atoms with van der Waals surface area (Å²) in [6, 6.07) is 7.81. The third-order valence-corrected chi connectivity index (χ3v) is 4.41. The van der Waals surface area contributed by atoms with Gasteiger partial charge in [-0.2, -0.15) is 0 Å². The van der Waals surface area contributed by atoms with Crippen molar-refractivity contribution in [1.29, 1.82) is 0 Å². The second kappa shape index (κ2) is 6.07.